The van der Waals surface area contributed by atoms with E-state index in [9.17, 15) is 4.79 Å². The minimum atomic E-state index is -1.02. The number of carboxylic acid groups (broad SMARTS) is 1. The molecule has 1 aliphatic heterocycles. The number of aromatic carboxylic acids is 1. The monoisotopic (exact) mass is 284 g/mol. The van der Waals surface area contributed by atoms with E-state index in [0.29, 0.717) is 18.9 Å². The Morgan fingerprint density at radius 1 is 1.29 bits per heavy atom. The molecule has 0 amide bonds. The van der Waals surface area contributed by atoms with Crippen LogP contribution in [-0.4, -0.2) is 28.7 Å². The Bertz CT molecular complexity index is 672. The summed E-state index contributed by atoms with van der Waals surface area (Å²) in [6.45, 7) is 3.30. The lowest BCUT2D eigenvalue weighted by molar-refractivity contribution is 0.0690. The fourth-order valence-corrected chi connectivity index (χ4v) is 2.48. The van der Waals surface area contributed by atoms with Crippen molar-refractivity contribution in [3.8, 4) is 5.75 Å². The largest absolute Gasteiger partial charge is 0.489 e. The van der Waals surface area contributed by atoms with Gasteiger partial charge in [0.25, 0.3) is 0 Å². The van der Waals surface area contributed by atoms with Crippen molar-refractivity contribution in [2.45, 2.75) is 19.6 Å². The van der Waals surface area contributed by atoms with E-state index in [-0.39, 0.29) is 11.8 Å². The first kappa shape index (κ1) is 13.4. The zero-order valence-corrected chi connectivity index (χ0v) is 11.7. The Morgan fingerprint density at radius 3 is 2.90 bits per heavy atom. The average Bonchev–Trinajstić information content (AvgIpc) is 2.65. The first-order valence-corrected chi connectivity index (χ1v) is 6.83. The third-order valence-electron chi connectivity index (χ3n) is 3.42. The number of carbonyl (C=O) groups is 1. The number of aromatic nitrogens is 1. The maximum absolute atomic E-state index is 11.1. The van der Waals surface area contributed by atoms with Crippen molar-refractivity contribution >= 4 is 11.8 Å². The molecule has 5 nitrogen and oxygen atoms in total. The van der Waals surface area contributed by atoms with Crippen molar-refractivity contribution in [2.75, 3.05) is 11.4 Å². The molecule has 1 aromatic heterocycles. The molecule has 0 fully saturated rings. The van der Waals surface area contributed by atoms with Gasteiger partial charge in [0.2, 0.25) is 0 Å². The minimum Gasteiger partial charge on any atom is -0.489 e. The second-order valence-electron chi connectivity index (χ2n) is 5.10. The summed E-state index contributed by atoms with van der Waals surface area (Å²) in [6, 6.07) is 12.9. The number of hydrogen-bond acceptors (Lipinski definition) is 4. The van der Waals surface area contributed by atoms with E-state index in [0.717, 1.165) is 11.3 Å². The van der Waals surface area contributed by atoms with Gasteiger partial charge in [-0.3, -0.25) is 0 Å². The van der Waals surface area contributed by atoms with Crippen LogP contribution in [0, 0.1) is 0 Å². The Labute approximate surface area is 122 Å². The molecular formula is C16H16N2O3. The van der Waals surface area contributed by atoms with Gasteiger partial charge in [0.05, 0.1) is 6.54 Å². The van der Waals surface area contributed by atoms with Gasteiger partial charge in [-0.15, -0.1) is 0 Å². The molecule has 5 heteroatoms. The fraction of sp³-hybridized carbons (Fsp3) is 0.250. The van der Waals surface area contributed by atoms with Crippen molar-refractivity contribution in [3.63, 3.8) is 0 Å². The first-order chi connectivity index (χ1) is 10.1. The number of anilines is 1. The summed E-state index contributed by atoms with van der Waals surface area (Å²) in [5.41, 5.74) is 1.13. The summed E-state index contributed by atoms with van der Waals surface area (Å²) in [5, 5.41) is 9.07. The summed E-state index contributed by atoms with van der Waals surface area (Å²) in [5.74, 6) is 0.514. The molecular weight excluding hydrogens is 268 g/mol. The van der Waals surface area contributed by atoms with E-state index >= 15 is 0 Å². The van der Waals surface area contributed by atoms with Crippen LogP contribution in [0.3, 0.4) is 0 Å². The standard InChI is InChI=1S/C16H16N2O3/c1-11-9-18(10-12-5-2-3-7-14(12)21-11)15-8-4-6-13(17-15)16(19)20/h2-8,11H,9-10H2,1H3,(H,19,20). The fourth-order valence-electron chi connectivity index (χ4n) is 2.48. The van der Waals surface area contributed by atoms with Crippen LogP contribution in [0.2, 0.25) is 0 Å². The number of hydrogen-bond donors (Lipinski definition) is 1. The first-order valence-electron chi connectivity index (χ1n) is 6.83. The van der Waals surface area contributed by atoms with Gasteiger partial charge in [0.15, 0.2) is 5.69 Å². The van der Waals surface area contributed by atoms with Gasteiger partial charge in [0, 0.05) is 12.1 Å². The smallest absolute Gasteiger partial charge is 0.354 e. The van der Waals surface area contributed by atoms with Gasteiger partial charge in [-0.1, -0.05) is 24.3 Å². The van der Waals surface area contributed by atoms with E-state index in [1.165, 1.54) is 6.07 Å². The lowest BCUT2D eigenvalue weighted by atomic mass is 10.2. The van der Waals surface area contributed by atoms with Crippen molar-refractivity contribution in [1.29, 1.82) is 0 Å². The van der Waals surface area contributed by atoms with E-state index < -0.39 is 5.97 Å². The minimum absolute atomic E-state index is 0.00364. The topological polar surface area (TPSA) is 62.7 Å². The number of benzene rings is 1. The maximum atomic E-state index is 11.1. The van der Waals surface area contributed by atoms with Crippen LogP contribution in [0.15, 0.2) is 42.5 Å². The van der Waals surface area contributed by atoms with Crippen LogP contribution < -0.4 is 9.64 Å². The van der Waals surface area contributed by atoms with Gasteiger partial charge < -0.3 is 14.7 Å². The predicted octanol–water partition coefficient (Wildman–Crippen LogP) is 2.57. The molecule has 0 bridgehead atoms. The molecule has 0 radical (unpaired) electrons. The highest BCUT2D eigenvalue weighted by atomic mass is 16.5. The molecule has 1 aromatic carbocycles. The zero-order valence-electron chi connectivity index (χ0n) is 11.7. The molecule has 3 rings (SSSR count). The average molecular weight is 284 g/mol. The van der Waals surface area contributed by atoms with Crippen molar-refractivity contribution in [3.05, 3.63) is 53.7 Å². The van der Waals surface area contributed by atoms with Crippen molar-refractivity contribution in [2.24, 2.45) is 0 Å². The van der Waals surface area contributed by atoms with Gasteiger partial charge in [-0.25, -0.2) is 9.78 Å². The summed E-state index contributed by atoms with van der Waals surface area (Å²) >= 11 is 0. The third kappa shape index (κ3) is 2.81. The third-order valence-corrected chi connectivity index (χ3v) is 3.42. The lowest BCUT2D eigenvalue weighted by Crippen LogP contribution is -2.31. The number of rotatable bonds is 2. The van der Waals surface area contributed by atoms with Gasteiger partial charge in [-0.05, 0) is 25.1 Å². The number of nitrogens with zero attached hydrogens (tertiary/aromatic N) is 2. The lowest BCUT2D eigenvalue weighted by Gasteiger charge is -2.23. The Balaban J connectivity index is 1.95. The van der Waals surface area contributed by atoms with Crippen LogP contribution in [0.4, 0.5) is 5.82 Å². The Morgan fingerprint density at radius 2 is 2.10 bits per heavy atom. The highest BCUT2D eigenvalue weighted by Gasteiger charge is 2.21. The van der Waals surface area contributed by atoms with Crippen molar-refractivity contribution in [1.82, 2.24) is 4.98 Å². The number of fused-ring (bicyclic) bond motifs is 1. The van der Waals surface area contributed by atoms with E-state index in [1.807, 2.05) is 42.2 Å². The second kappa shape index (κ2) is 5.44. The molecule has 2 heterocycles. The molecule has 1 unspecified atom stereocenters. The Kier molecular flexibility index (Phi) is 3.48. The predicted molar refractivity (Wildman–Crippen MR) is 78.8 cm³/mol. The zero-order chi connectivity index (χ0) is 14.8. The molecule has 1 atom stereocenters. The number of carboxylic acids is 1. The molecule has 0 saturated heterocycles. The van der Waals surface area contributed by atoms with Crippen LogP contribution in [-0.2, 0) is 6.54 Å². The van der Waals surface area contributed by atoms with Crippen LogP contribution in [0.25, 0.3) is 0 Å². The molecule has 2 aromatic rings. The highest BCUT2D eigenvalue weighted by Crippen LogP contribution is 2.27. The highest BCUT2D eigenvalue weighted by molar-refractivity contribution is 5.85. The van der Waals surface area contributed by atoms with Crippen LogP contribution >= 0.6 is 0 Å². The number of ether oxygens (including phenoxy) is 1. The van der Waals surface area contributed by atoms with E-state index in [1.54, 1.807) is 6.07 Å². The summed E-state index contributed by atoms with van der Waals surface area (Å²) < 4.78 is 5.90. The quantitative estimate of drug-likeness (QED) is 0.918. The second-order valence-corrected chi connectivity index (χ2v) is 5.10. The molecule has 0 aliphatic carbocycles. The van der Waals surface area contributed by atoms with Crippen molar-refractivity contribution < 1.29 is 14.6 Å². The molecule has 0 saturated carbocycles. The SMILES string of the molecule is CC1CN(c2cccc(C(=O)O)n2)Cc2ccccc2O1. The molecule has 108 valence electrons. The Hall–Kier alpha value is -2.56. The number of para-hydroxylation sites is 1. The molecule has 1 aliphatic rings. The van der Waals surface area contributed by atoms with Gasteiger partial charge >= 0.3 is 5.97 Å². The maximum Gasteiger partial charge on any atom is 0.354 e. The van der Waals surface area contributed by atoms with Gasteiger partial charge in [0.1, 0.15) is 17.7 Å². The van der Waals surface area contributed by atoms with E-state index in [4.69, 9.17) is 9.84 Å². The molecule has 21 heavy (non-hydrogen) atoms. The molecule has 1 N–H and O–H groups in total. The summed E-state index contributed by atoms with van der Waals surface area (Å²) in [7, 11) is 0. The van der Waals surface area contributed by atoms with Gasteiger partial charge in [-0.2, -0.15) is 0 Å². The normalized spacial score (nSPS) is 17.6. The summed E-state index contributed by atoms with van der Waals surface area (Å²) in [6.07, 6.45) is 0.00364. The van der Waals surface area contributed by atoms with Crippen LogP contribution in [0.1, 0.15) is 23.0 Å². The van der Waals surface area contributed by atoms with E-state index in [2.05, 4.69) is 4.98 Å². The van der Waals surface area contributed by atoms with Crippen LogP contribution in [0.5, 0.6) is 5.75 Å². The number of pyridine rings is 1. The summed E-state index contributed by atoms with van der Waals surface area (Å²) in [4.78, 5) is 17.3. The molecule has 0 spiro atoms.